The van der Waals surface area contributed by atoms with E-state index in [1.165, 1.54) is 55.5 Å². The van der Waals surface area contributed by atoms with Crippen LogP contribution >= 0.6 is 23.2 Å². The molecule has 0 saturated carbocycles. The summed E-state index contributed by atoms with van der Waals surface area (Å²) in [5.74, 6) is -1.78. The molecule has 1 amide bonds. The predicted molar refractivity (Wildman–Crippen MR) is 141 cm³/mol. The summed E-state index contributed by atoms with van der Waals surface area (Å²) in [6, 6.07) is 12.3. The predicted octanol–water partition coefficient (Wildman–Crippen LogP) is 6.17. The first-order valence-corrected chi connectivity index (χ1v) is 12.3. The molecule has 0 aliphatic carbocycles. The maximum atomic E-state index is 13.5. The first-order chi connectivity index (χ1) is 18.2. The summed E-state index contributed by atoms with van der Waals surface area (Å²) in [5.41, 5.74) is 0.916. The van der Waals surface area contributed by atoms with Crippen molar-refractivity contribution in [3.05, 3.63) is 92.7 Å². The van der Waals surface area contributed by atoms with E-state index < -0.39 is 29.3 Å². The van der Waals surface area contributed by atoms with E-state index in [4.69, 9.17) is 37.4 Å². The fraction of sp³-hybridized carbons (Fsp3) is 0.214. The Bertz CT molecular complexity index is 1420. The summed E-state index contributed by atoms with van der Waals surface area (Å²) in [6.07, 6.45) is 0. The molecule has 1 unspecified atom stereocenters. The maximum absolute atomic E-state index is 13.5. The lowest BCUT2D eigenvalue weighted by Gasteiger charge is -2.26. The number of hydrogen-bond donors (Lipinski definition) is 1. The van der Waals surface area contributed by atoms with Crippen molar-refractivity contribution < 1.29 is 33.3 Å². The second-order valence-corrected chi connectivity index (χ2v) is 9.21. The molecule has 1 aliphatic heterocycles. The Morgan fingerprint density at radius 2 is 1.71 bits per heavy atom. The number of carbonyl (C=O) groups excluding carboxylic acids is 2. The first-order valence-electron chi connectivity index (χ1n) is 11.6. The first kappa shape index (κ1) is 27.3. The molecule has 0 radical (unpaired) electrons. The van der Waals surface area contributed by atoms with Crippen molar-refractivity contribution in [1.82, 2.24) is 4.90 Å². The second-order valence-electron chi connectivity index (χ2n) is 8.37. The van der Waals surface area contributed by atoms with Gasteiger partial charge >= 0.3 is 0 Å². The summed E-state index contributed by atoms with van der Waals surface area (Å²) in [5, 5.41) is 11.8. The average Bonchev–Trinajstić information content (AvgIpc) is 3.14. The topological polar surface area (TPSA) is 85.3 Å². The number of aliphatic hydroxyl groups excluding tert-OH is 1. The molecule has 1 fully saturated rings. The van der Waals surface area contributed by atoms with Crippen molar-refractivity contribution in [3.8, 4) is 17.2 Å². The molecule has 10 heteroatoms. The molecule has 38 heavy (non-hydrogen) atoms. The van der Waals surface area contributed by atoms with Crippen molar-refractivity contribution in [2.24, 2.45) is 0 Å². The van der Waals surface area contributed by atoms with E-state index in [-0.39, 0.29) is 33.5 Å². The minimum absolute atomic E-state index is 0.0320. The number of Topliss-reactive ketones (excluding diaryl/α,β-unsaturated/α-hetero) is 1. The molecule has 1 N–H and O–H groups in total. The van der Waals surface area contributed by atoms with Crippen molar-refractivity contribution in [3.63, 3.8) is 0 Å². The molecular formula is C28H24Cl2FNO6. The van der Waals surface area contributed by atoms with E-state index in [0.717, 1.165) is 0 Å². The smallest absolute Gasteiger partial charge is 0.295 e. The van der Waals surface area contributed by atoms with Crippen LogP contribution < -0.4 is 14.2 Å². The molecule has 3 aromatic carbocycles. The van der Waals surface area contributed by atoms with Gasteiger partial charge in [0.25, 0.3) is 11.7 Å². The van der Waals surface area contributed by atoms with E-state index in [0.29, 0.717) is 29.2 Å². The van der Waals surface area contributed by atoms with Crippen LogP contribution in [0.5, 0.6) is 17.2 Å². The maximum Gasteiger partial charge on any atom is 0.295 e. The molecule has 1 atom stereocenters. The Morgan fingerprint density at radius 3 is 2.34 bits per heavy atom. The molecule has 7 nitrogen and oxygen atoms in total. The van der Waals surface area contributed by atoms with Gasteiger partial charge in [-0.3, -0.25) is 9.59 Å². The van der Waals surface area contributed by atoms with Gasteiger partial charge in [0.1, 0.15) is 17.3 Å². The number of ketones is 1. The van der Waals surface area contributed by atoms with Gasteiger partial charge in [0, 0.05) is 11.6 Å². The third-order valence-corrected chi connectivity index (χ3v) is 6.58. The third-order valence-electron chi connectivity index (χ3n) is 6.08. The third kappa shape index (κ3) is 5.14. The number of ether oxygens (including phenoxy) is 3. The van der Waals surface area contributed by atoms with Crippen molar-refractivity contribution in [2.75, 3.05) is 20.8 Å². The summed E-state index contributed by atoms with van der Waals surface area (Å²) in [7, 11) is 2.85. The van der Waals surface area contributed by atoms with Crippen LogP contribution in [0.4, 0.5) is 4.39 Å². The fourth-order valence-electron chi connectivity index (χ4n) is 4.40. The normalized spacial score (nSPS) is 16.6. The van der Waals surface area contributed by atoms with E-state index in [1.54, 1.807) is 18.2 Å². The summed E-state index contributed by atoms with van der Waals surface area (Å²) in [6.45, 7) is 2.12. The highest BCUT2D eigenvalue weighted by Crippen LogP contribution is 2.45. The summed E-state index contributed by atoms with van der Waals surface area (Å²) >= 11 is 12.5. The summed E-state index contributed by atoms with van der Waals surface area (Å²) in [4.78, 5) is 28.1. The fourth-order valence-corrected chi connectivity index (χ4v) is 4.97. The number of aliphatic hydroxyl groups is 1. The average molecular weight is 560 g/mol. The molecule has 4 rings (SSSR count). The number of benzene rings is 3. The van der Waals surface area contributed by atoms with Crippen LogP contribution in [0, 0.1) is 5.82 Å². The van der Waals surface area contributed by atoms with E-state index in [1.807, 2.05) is 6.92 Å². The van der Waals surface area contributed by atoms with Crippen LogP contribution in [0.1, 0.15) is 29.7 Å². The Morgan fingerprint density at radius 1 is 1.00 bits per heavy atom. The number of likely N-dealkylation sites (tertiary alicyclic amines) is 1. The number of methoxy groups -OCH3 is 2. The van der Waals surface area contributed by atoms with Crippen LogP contribution in [0.15, 0.2) is 60.2 Å². The molecule has 1 heterocycles. The van der Waals surface area contributed by atoms with Gasteiger partial charge in [-0.05, 0) is 54.4 Å². The van der Waals surface area contributed by atoms with Crippen LogP contribution in [0.2, 0.25) is 10.0 Å². The SMILES string of the molecule is CCOc1cc(C2/C(=C(\O)c3cc(Cl)cc(Cl)c3OC)C(=O)C(=O)N2Cc2ccc(F)cc2)ccc1OC. The molecule has 1 saturated heterocycles. The second kappa shape index (κ2) is 11.3. The van der Waals surface area contributed by atoms with Crippen LogP contribution in [-0.4, -0.2) is 42.5 Å². The minimum atomic E-state index is -1.03. The van der Waals surface area contributed by atoms with Gasteiger partial charge in [0.15, 0.2) is 11.5 Å². The zero-order valence-corrected chi connectivity index (χ0v) is 22.3. The molecular weight excluding hydrogens is 536 g/mol. The lowest BCUT2D eigenvalue weighted by molar-refractivity contribution is -0.140. The van der Waals surface area contributed by atoms with Gasteiger partial charge in [-0.25, -0.2) is 4.39 Å². The van der Waals surface area contributed by atoms with Crippen molar-refractivity contribution >= 4 is 40.7 Å². The Balaban J connectivity index is 1.95. The zero-order chi connectivity index (χ0) is 27.6. The number of carbonyl (C=O) groups is 2. The Kier molecular flexibility index (Phi) is 8.14. The van der Waals surface area contributed by atoms with Crippen molar-refractivity contribution in [1.29, 1.82) is 0 Å². The van der Waals surface area contributed by atoms with Crippen LogP contribution in [0.3, 0.4) is 0 Å². The number of halogens is 3. The van der Waals surface area contributed by atoms with E-state index in [9.17, 15) is 19.1 Å². The molecule has 0 aromatic heterocycles. The lowest BCUT2D eigenvalue weighted by Crippen LogP contribution is -2.29. The number of nitrogens with zero attached hydrogens (tertiary/aromatic N) is 1. The largest absolute Gasteiger partial charge is 0.507 e. The highest BCUT2D eigenvalue weighted by atomic mass is 35.5. The van der Waals surface area contributed by atoms with Crippen LogP contribution in [-0.2, 0) is 16.1 Å². The molecule has 3 aromatic rings. The van der Waals surface area contributed by atoms with Gasteiger partial charge in [0.2, 0.25) is 0 Å². The monoisotopic (exact) mass is 559 g/mol. The Labute approximate surface area is 228 Å². The molecule has 198 valence electrons. The summed E-state index contributed by atoms with van der Waals surface area (Å²) < 4.78 is 30.0. The highest BCUT2D eigenvalue weighted by Gasteiger charge is 2.46. The molecule has 1 aliphatic rings. The lowest BCUT2D eigenvalue weighted by atomic mass is 9.94. The standard InChI is InChI=1S/C28H24Cl2FNO6/c1-4-38-22-11-16(7-10-21(22)36-2)24-23(25(33)19-12-17(29)13-20(30)27(19)37-3)26(34)28(35)32(24)14-15-5-8-18(31)9-6-15/h5-13,24,33H,4,14H2,1-3H3/b25-23+. The van der Waals surface area contributed by atoms with Gasteiger partial charge in [-0.2, -0.15) is 0 Å². The number of rotatable bonds is 8. The number of amides is 1. The minimum Gasteiger partial charge on any atom is -0.507 e. The molecule has 0 spiro atoms. The van der Waals surface area contributed by atoms with E-state index in [2.05, 4.69) is 0 Å². The zero-order valence-electron chi connectivity index (χ0n) is 20.8. The van der Waals surface area contributed by atoms with E-state index >= 15 is 0 Å². The van der Waals surface area contributed by atoms with Crippen LogP contribution in [0.25, 0.3) is 5.76 Å². The number of hydrogen-bond acceptors (Lipinski definition) is 6. The van der Waals surface area contributed by atoms with Gasteiger partial charge < -0.3 is 24.2 Å². The highest BCUT2D eigenvalue weighted by molar-refractivity contribution is 6.46. The Hall–Kier alpha value is -3.75. The van der Waals surface area contributed by atoms with Gasteiger partial charge in [-0.1, -0.05) is 41.4 Å². The van der Waals surface area contributed by atoms with Crippen molar-refractivity contribution in [2.45, 2.75) is 19.5 Å². The molecule has 0 bridgehead atoms. The van der Waals surface area contributed by atoms with Gasteiger partial charge in [-0.15, -0.1) is 0 Å². The van der Waals surface area contributed by atoms with Gasteiger partial charge in [0.05, 0.1) is 43.0 Å². The quantitative estimate of drug-likeness (QED) is 0.202.